The fraction of sp³-hybridized carbons (Fsp3) is 0.273. The van der Waals surface area contributed by atoms with Gasteiger partial charge in [0, 0.05) is 29.5 Å². The Morgan fingerprint density at radius 1 is 1.11 bits per heavy atom. The van der Waals surface area contributed by atoms with E-state index in [2.05, 4.69) is 22.4 Å². The Morgan fingerprint density at radius 2 is 1.85 bits per heavy atom. The van der Waals surface area contributed by atoms with E-state index in [1.54, 1.807) is 6.20 Å². The topological polar surface area (TPSA) is 55.1 Å². The van der Waals surface area contributed by atoms with Crippen molar-refractivity contribution in [3.8, 4) is 11.3 Å². The number of halogens is 1. The molecule has 5 heteroatoms. The van der Waals surface area contributed by atoms with Crippen LogP contribution in [0.1, 0.15) is 31.2 Å². The van der Waals surface area contributed by atoms with E-state index in [0.717, 1.165) is 18.4 Å². The molecule has 0 aliphatic heterocycles. The van der Waals surface area contributed by atoms with Crippen molar-refractivity contribution in [3.05, 3.63) is 77.3 Å². The smallest absolute Gasteiger partial charge is 0.220 e. The van der Waals surface area contributed by atoms with Crippen LogP contribution in [0.25, 0.3) is 11.3 Å². The fourth-order valence-electron chi connectivity index (χ4n) is 2.84. The Hall–Kier alpha value is -2.59. The second-order valence-corrected chi connectivity index (χ2v) is 7.05. The summed E-state index contributed by atoms with van der Waals surface area (Å²) in [5, 5.41) is 3.72. The van der Waals surface area contributed by atoms with Gasteiger partial charge in [-0.25, -0.2) is 4.98 Å². The number of oxazole rings is 1. The monoisotopic (exact) mass is 382 g/mol. The van der Waals surface area contributed by atoms with Gasteiger partial charge in [-0.3, -0.25) is 4.79 Å². The number of amides is 1. The molecule has 3 rings (SSSR count). The third-order valence-electron chi connectivity index (χ3n) is 4.36. The second kappa shape index (κ2) is 9.38. The quantitative estimate of drug-likeness (QED) is 0.592. The van der Waals surface area contributed by atoms with Crippen LogP contribution in [0, 0.1) is 0 Å². The molecule has 0 saturated carbocycles. The van der Waals surface area contributed by atoms with E-state index in [9.17, 15) is 4.79 Å². The van der Waals surface area contributed by atoms with Crippen molar-refractivity contribution in [1.29, 1.82) is 0 Å². The first-order chi connectivity index (χ1) is 13.1. The molecule has 0 spiro atoms. The molecular formula is C22H23ClN2O2. The van der Waals surface area contributed by atoms with E-state index < -0.39 is 0 Å². The Balaban J connectivity index is 1.43. The van der Waals surface area contributed by atoms with Crippen molar-refractivity contribution in [2.75, 3.05) is 0 Å². The molecule has 0 unspecified atom stereocenters. The normalized spacial score (nSPS) is 11.9. The van der Waals surface area contributed by atoms with E-state index in [-0.39, 0.29) is 11.9 Å². The SMILES string of the molecule is C[C@@H](CCc1ccccc1)NC(=O)CCc1ncc(-c2ccc(Cl)cc2)o1. The third kappa shape index (κ3) is 5.97. The lowest BCUT2D eigenvalue weighted by Crippen LogP contribution is -2.33. The van der Waals surface area contributed by atoms with Gasteiger partial charge >= 0.3 is 0 Å². The predicted octanol–water partition coefficient (Wildman–Crippen LogP) is 5.07. The Bertz CT molecular complexity index is 860. The fourth-order valence-corrected chi connectivity index (χ4v) is 2.97. The third-order valence-corrected chi connectivity index (χ3v) is 4.62. The van der Waals surface area contributed by atoms with Crippen molar-refractivity contribution in [3.63, 3.8) is 0 Å². The number of nitrogens with one attached hydrogen (secondary N) is 1. The van der Waals surface area contributed by atoms with Crippen molar-refractivity contribution in [2.24, 2.45) is 0 Å². The van der Waals surface area contributed by atoms with Gasteiger partial charge in [-0.1, -0.05) is 41.9 Å². The highest BCUT2D eigenvalue weighted by molar-refractivity contribution is 6.30. The maximum absolute atomic E-state index is 12.2. The Kier molecular flexibility index (Phi) is 6.66. The van der Waals surface area contributed by atoms with Gasteiger partial charge in [0.2, 0.25) is 5.91 Å². The second-order valence-electron chi connectivity index (χ2n) is 6.62. The van der Waals surface area contributed by atoms with Gasteiger partial charge < -0.3 is 9.73 Å². The zero-order chi connectivity index (χ0) is 19.1. The van der Waals surface area contributed by atoms with E-state index in [1.165, 1.54) is 5.56 Å². The van der Waals surface area contributed by atoms with Crippen LogP contribution >= 0.6 is 11.6 Å². The summed E-state index contributed by atoms with van der Waals surface area (Å²) in [4.78, 5) is 16.4. The highest BCUT2D eigenvalue weighted by Crippen LogP contribution is 2.22. The summed E-state index contributed by atoms with van der Waals surface area (Å²) >= 11 is 5.90. The zero-order valence-corrected chi connectivity index (χ0v) is 16.1. The number of hydrogen-bond donors (Lipinski definition) is 1. The molecule has 0 radical (unpaired) electrons. The van der Waals surface area contributed by atoms with Crippen LogP contribution in [0.5, 0.6) is 0 Å². The first-order valence-electron chi connectivity index (χ1n) is 9.14. The van der Waals surface area contributed by atoms with Crippen LogP contribution in [0.15, 0.2) is 65.2 Å². The van der Waals surface area contributed by atoms with Crippen molar-refractivity contribution >= 4 is 17.5 Å². The van der Waals surface area contributed by atoms with Crippen LogP contribution in [-0.2, 0) is 17.6 Å². The molecule has 2 aromatic carbocycles. The molecule has 4 nitrogen and oxygen atoms in total. The highest BCUT2D eigenvalue weighted by atomic mass is 35.5. The maximum atomic E-state index is 12.2. The molecule has 0 aliphatic rings. The van der Waals surface area contributed by atoms with Gasteiger partial charge in [0.1, 0.15) is 0 Å². The van der Waals surface area contributed by atoms with Crippen molar-refractivity contribution in [1.82, 2.24) is 10.3 Å². The molecule has 1 heterocycles. The molecule has 0 bridgehead atoms. The van der Waals surface area contributed by atoms with Crippen LogP contribution < -0.4 is 5.32 Å². The summed E-state index contributed by atoms with van der Waals surface area (Å²) in [6, 6.07) is 17.8. The number of carbonyl (C=O) groups is 1. The summed E-state index contributed by atoms with van der Waals surface area (Å²) in [6.45, 7) is 2.03. The molecule has 1 atom stereocenters. The molecule has 27 heavy (non-hydrogen) atoms. The van der Waals surface area contributed by atoms with Crippen LogP contribution in [0.4, 0.5) is 0 Å². The van der Waals surface area contributed by atoms with E-state index >= 15 is 0 Å². The standard InChI is InChI=1S/C22H23ClN2O2/c1-16(7-8-17-5-3-2-4-6-17)25-21(26)13-14-22-24-15-20(27-22)18-9-11-19(23)12-10-18/h2-6,9-12,15-16H,7-8,13-14H2,1H3,(H,25,26)/t16-/m0/s1. The average molecular weight is 383 g/mol. The van der Waals surface area contributed by atoms with Gasteiger partial charge in [-0.2, -0.15) is 0 Å². The van der Waals surface area contributed by atoms with Gasteiger partial charge in [-0.15, -0.1) is 0 Å². The largest absolute Gasteiger partial charge is 0.441 e. The Labute approximate surface area is 164 Å². The minimum atomic E-state index is 0.0156. The summed E-state index contributed by atoms with van der Waals surface area (Å²) < 4.78 is 5.74. The molecule has 0 saturated heterocycles. The summed E-state index contributed by atoms with van der Waals surface area (Å²) in [6.07, 6.45) is 4.38. The van der Waals surface area contributed by atoms with Crippen molar-refractivity contribution < 1.29 is 9.21 Å². The molecule has 1 amide bonds. The Morgan fingerprint density at radius 3 is 2.59 bits per heavy atom. The van der Waals surface area contributed by atoms with E-state index in [0.29, 0.717) is 29.5 Å². The average Bonchev–Trinajstić information content (AvgIpc) is 3.15. The molecule has 140 valence electrons. The van der Waals surface area contributed by atoms with Crippen LogP contribution in [-0.4, -0.2) is 16.9 Å². The zero-order valence-electron chi connectivity index (χ0n) is 15.3. The number of aromatic nitrogens is 1. The number of rotatable bonds is 8. The summed E-state index contributed by atoms with van der Waals surface area (Å²) in [5.41, 5.74) is 2.20. The number of carbonyl (C=O) groups excluding carboxylic acids is 1. The van der Waals surface area contributed by atoms with Gasteiger partial charge in [0.25, 0.3) is 0 Å². The summed E-state index contributed by atoms with van der Waals surface area (Å²) in [7, 11) is 0. The highest BCUT2D eigenvalue weighted by Gasteiger charge is 2.11. The number of benzene rings is 2. The predicted molar refractivity (Wildman–Crippen MR) is 108 cm³/mol. The maximum Gasteiger partial charge on any atom is 0.220 e. The number of hydrogen-bond acceptors (Lipinski definition) is 3. The van der Waals surface area contributed by atoms with Gasteiger partial charge in [-0.05, 0) is 49.6 Å². The van der Waals surface area contributed by atoms with Gasteiger partial charge in [0.05, 0.1) is 6.20 Å². The summed E-state index contributed by atoms with van der Waals surface area (Å²) in [5.74, 6) is 1.26. The molecule has 0 aliphatic carbocycles. The van der Waals surface area contributed by atoms with E-state index in [1.807, 2.05) is 49.4 Å². The van der Waals surface area contributed by atoms with Gasteiger partial charge in [0.15, 0.2) is 11.7 Å². The molecule has 1 aromatic heterocycles. The number of nitrogens with zero attached hydrogens (tertiary/aromatic N) is 1. The molecule has 0 fully saturated rings. The lowest BCUT2D eigenvalue weighted by Gasteiger charge is -2.13. The number of aryl methyl sites for hydroxylation is 2. The molecule has 1 N–H and O–H groups in total. The molecular weight excluding hydrogens is 360 g/mol. The first kappa shape index (κ1) is 19.2. The van der Waals surface area contributed by atoms with Crippen LogP contribution in [0.2, 0.25) is 5.02 Å². The minimum Gasteiger partial charge on any atom is -0.441 e. The van der Waals surface area contributed by atoms with Crippen molar-refractivity contribution in [2.45, 2.75) is 38.6 Å². The first-order valence-corrected chi connectivity index (χ1v) is 9.52. The minimum absolute atomic E-state index is 0.0156. The van der Waals surface area contributed by atoms with E-state index in [4.69, 9.17) is 16.0 Å². The van der Waals surface area contributed by atoms with Crippen LogP contribution in [0.3, 0.4) is 0 Å². The lowest BCUT2D eigenvalue weighted by molar-refractivity contribution is -0.121. The molecule has 3 aromatic rings. The lowest BCUT2D eigenvalue weighted by atomic mass is 10.1.